The molecular weight excluding hydrogens is 405 g/mol. The zero-order valence-corrected chi connectivity index (χ0v) is 16.3. The SMILES string of the molecule is O=CC(c1c[nH]c2ccccc12)C(Nc1cccc(OC(F)(F)F)c1)c1ccccc1. The second-order valence-electron chi connectivity index (χ2n) is 7.06. The Morgan fingerprint density at radius 2 is 1.68 bits per heavy atom. The fourth-order valence-electron chi connectivity index (χ4n) is 3.70. The number of carbonyl (C=O) groups excluding carboxylic acids is 1. The number of aldehydes is 1. The van der Waals surface area contributed by atoms with Crippen molar-refractivity contribution in [2.45, 2.75) is 18.3 Å². The van der Waals surface area contributed by atoms with Crippen molar-refractivity contribution in [1.82, 2.24) is 4.98 Å². The summed E-state index contributed by atoms with van der Waals surface area (Å²) in [6.07, 6.45) is -2.13. The van der Waals surface area contributed by atoms with Crippen LogP contribution in [0.1, 0.15) is 23.1 Å². The second kappa shape index (κ2) is 8.55. The lowest BCUT2D eigenvalue weighted by atomic mass is 9.87. The molecule has 158 valence electrons. The third-order valence-corrected chi connectivity index (χ3v) is 5.03. The number of H-pyrrole nitrogens is 1. The first-order valence-corrected chi connectivity index (χ1v) is 9.63. The molecule has 4 rings (SSSR count). The number of nitrogens with one attached hydrogen (secondary N) is 2. The van der Waals surface area contributed by atoms with Gasteiger partial charge in [-0.15, -0.1) is 13.2 Å². The van der Waals surface area contributed by atoms with Gasteiger partial charge in [0.2, 0.25) is 0 Å². The van der Waals surface area contributed by atoms with Crippen LogP contribution < -0.4 is 10.1 Å². The third-order valence-electron chi connectivity index (χ3n) is 5.03. The molecule has 0 saturated carbocycles. The van der Waals surface area contributed by atoms with Crippen molar-refractivity contribution in [3.8, 4) is 5.75 Å². The fraction of sp³-hybridized carbons (Fsp3) is 0.125. The van der Waals surface area contributed by atoms with Crippen molar-refractivity contribution < 1.29 is 22.7 Å². The minimum absolute atomic E-state index is 0.334. The zero-order valence-electron chi connectivity index (χ0n) is 16.3. The van der Waals surface area contributed by atoms with Crippen LogP contribution in [0.5, 0.6) is 5.75 Å². The van der Waals surface area contributed by atoms with Crippen LogP contribution in [0, 0.1) is 0 Å². The number of benzene rings is 3. The molecule has 0 aliphatic heterocycles. The molecule has 0 aliphatic carbocycles. The van der Waals surface area contributed by atoms with E-state index in [2.05, 4.69) is 15.0 Å². The minimum atomic E-state index is -4.78. The number of ether oxygens (including phenoxy) is 1. The number of hydrogen-bond donors (Lipinski definition) is 2. The maximum absolute atomic E-state index is 12.6. The number of para-hydroxylation sites is 1. The van der Waals surface area contributed by atoms with E-state index in [1.54, 1.807) is 12.3 Å². The smallest absolute Gasteiger partial charge is 0.406 e. The Morgan fingerprint density at radius 1 is 0.935 bits per heavy atom. The van der Waals surface area contributed by atoms with E-state index in [1.807, 2.05) is 54.6 Å². The molecule has 0 radical (unpaired) electrons. The highest BCUT2D eigenvalue weighted by Crippen LogP contribution is 2.37. The van der Waals surface area contributed by atoms with Crippen LogP contribution in [0.2, 0.25) is 0 Å². The van der Waals surface area contributed by atoms with E-state index in [4.69, 9.17) is 0 Å². The quantitative estimate of drug-likeness (QED) is 0.347. The Morgan fingerprint density at radius 3 is 2.42 bits per heavy atom. The van der Waals surface area contributed by atoms with E-state index in [0.717, 1.165) is 28.3 Å². The maximum atomic E-state index is 12.6. The van der Waals surface area contributed by atoms with E-state index in [-0.39, 0.29) is 5.75 Å². The van der Waals surface area contributed by atoms with Gasteiger partial charge >= 0.3 is 6.36 Å². The van der Waals surface area contributed by atoms with E-state index >= 15 is 0 Å². The highest BCUT2D eigenvalue weighted by molar-refractivity contribution is 5.87. The molecule has 31 heavy (non-hydrogen) atoms. The normalized spacial score (nSPS) is 13.5. The summed E-state index contributed by atoms with van der Waals surface area (Å²) in [5.74, 6) is -0.926. The van der Waals surface area contributed by atoms with Gasteiger partial charge in [-0.3, -0.25) is 0 Å². The van der Waals surface area contributed by atoms with Gasteiger partial charge in [0, 0.05) is 28.9 Å². The summed E-state index contributed by atoms with van der Waals surface area (Å²) in [5, 5.41) is 4.15. The van der Waals surface area contributed by atoms with E-state index in [0.29, 0.717) is 5.69 Å². The first kappa shape index (κ1) is 20.5. The number of aromatic nitrogens is 1. The molecule has 0 amide bonds. The summed E-state index contributed by atoms with van der Waals surface area (Å²) in [5.41, 5.74) is 2.93. The Hall–Kier alpha value is -3.74. The maximum Gasteiger partial charge on any atom is 0.573 e. The fourth-order valence-corrected chi connectivity index (χ4v) is 3.70. The van der Waals surface area contributed by atoms with Crippen LogP contribution in [-0.4, -0.2) is 17.6 Å². The predicted molar refractivity (Wildman–Crippen MR) is 113 cm³/mol. The lowest BCUT2D eigenvalue weighted by molar-refractivity contribution is -0.274. The summed E-state index contributed by atoms with van der Waals surface area (Å²) in [4.78, 5) is 15.5. The summed E-state index contributed by atoms with van der Waals surface area (Å²) in [6.45, 7) is 0. The molecule has 2 atom stereocenters. The van der Waals surface area contributed by atoms with Gasteiger partial charge in [-0.05, 0) is 29.3 Å². The number of hydrogen-bond acceptors (Lipinski definition) is 3. The standard InChI is InChI=1S/C24H19F3N2O2/c25-24(26,27)31-18-10-6-9-17(13-18)29-23(16-7-2-1-3-8-16)21(15-30)20-14-28-22-12-5-4-11-19(20)22/h1-15,21,23,28-29H. The molecule has 7 heteroatoms. The summed E-state index contributed by atoms with van der Waals surface area (Å²) < 4.78 is 41.9. The number of halogens is 3. The Bertz CT molecular complexity index is 1170. The molecule has 2 unspecified atom stereocenters. The molecule has 0 spiro atoms. The monoisotopic (exact) mass is 424 g/mol. The number of carbonyl (C=O) groups is 1. The highest BCUT2D eigenvalue weighted by atomic mass is 19.4. The molecule has 0 aliphatic rings. The lowest BCUT2D eigenvalue weighted by Gasteiger charge is -2.26. The van der Waals surface area contributed by atoms with Crippen molar-refractivity contribution in [1.29, 1.82) is 0 Å². The number of anilines is 1. The molecule has 1 heterocycles. The molecule has 1 aromatic heterocycles. The first-order chi connectivity index (χ1) is 14.9. The van der Waals surface area contributed by atoms with Crippen molar-refractivity contribution in [2.75, 3.05) is 5.32 Å². The molecule has 0 fully saturated rings. The highest BCUT2D eigenvalue weighted by Gasteiger charge is 2.31. The van der Waals surface area contributed by atoms with Gasteiger partial charge in [0.15, 0.2) is 0 Å². The molecule has 2 N–H and O–H groups in total. The number of aromatic amines is 1. The van der Waals surface area contributed by atoms with Crippen LogP contribution >= 0.6 is 0 Å². The minimum Gasteiger partial charge on any atom is -0.406 e. The molecule has 3 aromatic carbocycles. The Labute approximate surface area is 176 Å². The zero-order chi connectivity index (χ0) is 21.8. The van der Waals surface area contributed by atoms with Crippen molar-refractivity contribution in [3.05, 3.63) is 96.2 Å². The van der Waals surface area contributed by atoms with E-state index in [1.165, 1.54) is 18.2 Å². The summed E-state index contributed by atoms with van der Waals surface area (Å²) in [7, 11) is 0. The molecule has 0 bridgehead atoms. The average molecular weight is 424 g/mol. The third kappa shape index (κ3) is 4.71. The van der Waals surface area contributed by atoms with Crippen LogP contribution in [0.25, 0.3) is 10.9 Å². The van der Waals surface area contributed by atoms with Gasteiger partial charge in [0.1, 0.15) is 12.0 Å². The molecule has 0 saturated heterocycles. The van der Waals surface area contributed by atoms with Crippen molar-refractivity contribution >= 4 is 22.9 Å². The second-order valence-corrected chi connectivity index (χ2v) is 7.06. The lowest BCUT2D eigenvalue weighted by Crippen LogP contribution is -2.21. The van der Waals surface area contributed by atoms with Gasteiger partial charge in [0.25, 0.3) is 0 Å². The van der Waals surface area contributed by atoms with Gasteiger partial charge in [-0.1, -0.05) is 54.6 Å². The predicted octanol–water partition coefficient (Wildman–Crippen LogP) is 6.20. The summed E-state index contributed by atoms with van der Waals surface area (Å²) >= 11 is 0. The number of alkyl halides is 3. The van der Waals surface area contributed by atoms with Crippen LogP contribution in [0.15, 0.2) is 85.1 Å². The Kier molecular flexibility index (Phi) is 5.66. The summed E-state index contributed by atoms with van der Waals surface area (Å²) in [6, 6.07) is 22.0. The first-order valence-electron chi connectivity index (χ1n) is 9.63. The molecule has 4 aromatic rings. The topological polar surface area (TPSA) is 54.1 Å². The van der Waals surface area contributed by atoms with Crippen molar-refractivity contribution in [3.63, 3.8) is 0 Å². The van der Waals surface area contributed by atoms with Gasteiger partial charge in [-0.25, -0.2) is 0 Å². The number of fused-ring (bicyclic) bond motifs is 1. The largest absolute Gasteiger partial charge is 0.573 e. The molecular formula is C24H19F3N2O2. The Balaban J connectivity index is 1.73. The van der Waals surface area contributed by atoms with Crippen LogP contribution in [0.3, 0.4) is 0 Å². The van der Waals surface area contributed by atoms with Crippen molar-refractivity contribution in [2.24, 2.45) is 0 Å². The van der Waals surface area contributed by atoms with Gasteiger partial charge < -0.3 is 19.8 Å². The van der Waals surface area contributed by atoms with Crippen LogP contribution in [0.4, 0.5) is 18.9 Å². The van der Waals surface area contributed by atoms with E-state index in [9.17, 15) is 18.0 Å². The van der Waals surface area contributed by atoms with Gasteiger partial charge in [0.05, 0.1) is 12.0 Å². The van der Waals surface area contributed by atoms with Gasteiger partial charge in [-0.2, -0.15) is 0 Å². The number of rotatable bonds is 7. The average Bonchev–Trinajstić information content (AvgIpc) is 3.17. The van der Waals surface area contributed by atoms with E-state index < -0.39 is 18.3 Å². The molecule has 4 nitrogen and oxygen atoms in total. The van der Waals surface area contributed by atoms with Crippen LogP contribution in [-0.2, 0) is 4.79 Å².